The van der Waals surface area contributed by atoms with Gasteiger partial charge in [-0.15, -0.1) is 0 Å². The van der Waals surface area contributed by atoms with Crippen LogP contribution < -0.4 is 20.1 Å². The third-order valence-electron chi connectivity index (χ3n) is 4.49. The van der Waals surface area contributed by atoms with Gasteiger partial charge in [-0.2, -0.15) is 0 Å². The lowest BCUT2D eigenvalue weighted by Gasteiger charge is -2.13. The van der Waals surface area contributed by atoms with Crippen molar-refractivity contribution in [3.63, 3.8) is 0 Å². The van der Waals surface area contributed by atoms with E-state index >= 15 is 0 Å². The average Bonchev–Trinajstić information content (AvgIpc) is 3.27. The Balaban J connectivity index is 1.34. The molecular formula is C19H18N4O5. The SMILES string of the molecule is O=C(C[C@@H]1NC(=O)N(Cc2ccc3c(c2)OCO3)C1=O)NCc1cccnc1. The highest BCUT2D eigenvalue weighted by atomic mass is 16.7. The van der Waals surface area contributed by atoms with Crippen molar-refractivity contribution in [1.29, 1.82) is 0 Å². The first-order chi connectivity index (χ1) is 13.6. The van der Waals surface area contributed by atoms with Crippen molar-refractivity contribution < 1.29 is 23.9 Å². The zero-order valence-electron chi connectivity index (χ0n) is 14.9. The highest BCUT2D eigenvalue weighted by molar-refractivity contribution is 6.05. The highest BCUT2D eigenvalue weighted by Crippen LogP contribution is 2.33. The maximum atomic E-state index is 12.6. The maximum Gasteiger partial charge on any atom is 0.325 e. The van der Waals surface area contributed by atoms with Gasteiger partial charge in [0.05, 0.1) is 13.0 Å². The lowest BCUT2D eigenvalue weighted by Crippen LogP contribution is -2.36. The summed E-state index contributed by atoms with van der Waals surface area (Å²) in [7, 11) is 0. The molecule has 0 bridgehead atoms. The lowest BCUT2D eigenvalue weighted by molar-refractivity contribution is -0.131. The number of urea groups is 1. The van der Waals surface area contributed by atoms with Crippen molar-refractivity contribution in [2.45, 2.75) is 25.6 Å². The van der Waals surface area contributed by atoms with Crippen molar-refractivity contribution in [2.75, 3.05) is 6.79 Å². The van der Waals surface area contributed by atoms with Crippen LogP contribution in [-0.4, -0.2) is 40.6 Å². The number of carbonyl (C=O) groups is 3. The van der Waals surface area contributed by atoms with E-state index in [0.717, 1.165) is 16.0 Å². The van der Waals surface area contributed by atoms with Gasteiger partial charge in [-0.25, -0.2) is 4.79 Å². The van der Waals surface area contributed by atoms with Crippen LogP contribution in [0.3, 0.4) is 0 Å². The Hall–Kier alpha value is -3.62. The number of fused-ring (bicyclic) bond motifs is 1. The molecule has 2 N–H and O–H groups in total. The lowest BCUT2D eigenvalue weighted by atomic mass is 10.1. The van der Waals surface area contributed by atoms with Gasteiger partial charge in [-0.1, -0.05) is 12.1 Å². The van der Waals surface area contributed by atoms with E-state index in [0.29, 0.717) is 18.0 Å². The second-order valence-corrected chi connectivity index (χ2v) is 6.46. The zero-order valence-corrected chi connectivity index (χ0v) is 14.9. The smallest absolute Gasteiger partial charge is 0.325 e. The van der Waals surface area contributed by atoms with Crippen LogP contribution in [0.1, 0.15) is 17.5 Å². The number of pyridine rings is 1. The summed E-state index contributed by atoms with van der Waals surface area (Å²) in [5, 5.41) is 5.29. The molecule has 9 heteroatoms. The van der Waals surface area contributed by atoms with Gasteiger partial charge in [-0.3, -0.25) is 19.5 Å². The average molecular weight is 382 g/mol. The molecule has 1 aromatic carbocycles. The van der Waals surface area contributed by atoms with Gasteiger partial charge in [0.2, 0.25) is 12.7 Å². The van der Waals surface area contributed by atoms with E-state index in [-0.39, 0.29) is 25.7 Å². The second kappa shape index (κ2) is 7.55. The van der Waals surface area contributed by atoms with Gasteiger partial charge in [-0.05, 0) is 29.3 Å². The highest BCUT2D eigenvalue weighted by Gasteiger charge is 2.39. The molecule has 1 fully saturated rings. The Labute approximate surface area is 160 Å². The summed E-state index contributed by atoms with van der Waals surface area (Å²) in [6.45, 7) is 0.551. The van der Waals surface area contributed by atoms with Crippen molar-refractivity contribution in [2.24, 2.45) is 0 Å². The van der Waals surface area contributed by atoms with Crippen LogP contribution in [0.25, 0.3) is 0 Å². The van der Waals surface area contributed by atoms with Crippen molar-refractivity contribution in [1.82, 2.24) is 20.5 Å². The number of amides is 4. The standard InChI is InChI=1S/C19H18N4O5/c24-17(21-9-13-2-1-5-20-8-13)7-14-18(25)23(19(26)22-14)10-12-3-4-15-16(6-12)28-11-27-15/h1-6,8,14H,7,9-11H2,(H,21,24)(H,22,26)/t14-/m0/s1. The predicted molar refractivity (Wildman–Crippen MR) is 96.1 cm³/mol. The summed E-state index contributed by atoms with van der Waals surface area (Å²) in [5.74, 6) is 0.451. The number of ether oxygens (including phenoxy) is 2. The summed E-state index contributed by atoms with van der Waals surface area (Å²) in [6.07, 6.45) is 3.17. The van der Waals surface area contributed by atoms with Crippen LogP contribution in [0.5, 0.6) is 11.5 Å². The molecule has 144 valence electrons. The van der Waals surface area contributed by atoms with Crippen LogP contribution in [-0.2, 0) is 22.7 Å². The number of aromatic nitrogens is 1. The molecule has 2 aliphatic rings. The molecule has 4 rings (SSSR count). The van der Waals surface area contributed by atoms with E-state index in [1.54, 1.807) is 36.7 Å². The largest absolute Gasteiger partial charge is 0.454 e. The Morgan fingerprint density at radius 2 is 2.07 bits per heavy atom. The molecule has 28 heavy (non-hydrogen) atoms. The molecular weight excluding hydrogens is 364 g/mol. The summed E-state index contributed by atoms with van der Waals surface area (Å²) in [5.41, 5.74) is 1.58. The normalized spacial score (nSPS) is 17.6. The van der Waals surface area contributed by atoms with Crippen molar-refractivity contribution in [3.05, 3.63) is 53.9 Å². The van der Waals surface area contributed by atoms with E-state index < -0.39 is 18.0 Å². The van der Waals surface area contributed by atoms with Gasteiger partial charge in [0.1, 0.15) is 6.04 Å². The molecule has 9 nitrogen and oxygen atoms in total. The van der Waals surface area contributed by atoms with E-state index in [9.17, 15) is 14.4 Å². The molecule has 0 spiro atoms. The van der Waals surface area contributed by atoms with Crippen LogP contribution in [0.2, 0.25) is 0 Å². The summed E-state index contributed by atoms with van der Waals surface area (Å²) < 4.78 is 10.6. The number of carbonyl (C=O) groups excluding carboxylic acids is 3. The van der Waals surface area contributed by atoms with Crippen LogP contribution in [0.15, 0.2) is 42.7 Å². The molecule has 1 saturated heterocycles. The van der Waals surface area contributed by atoms with Crippen molar-refractivity contribution in [3.8, 4) is 11.5 Å². The number of nitrogens with zero attached hydrogens (tertiary/aromatic N) is 2. The predicted octanol–water partition coefficient (Wildman–Crippen LogP) is 0.937. The third-order valence-corrected chi connectivity index (χ3v) is 4.49. The van der Waals surface area contributed by atoms with Crippen molar-refractivity contribution >= 4 is 17.8 Å². The molecule has 0 aliphatic carbocycles. The van der Waals surface area contributed by atoms with Gasteiger partial charge in [0.15, 0.2) is 11.5 Å². The molecule has 1 atom stereocenters. The maximum absolute atomic E-state index is 12.6. The number of imide groups is 1. The zero-order chi connectivity index (χ0) is 19.5. The van der Waals surface area contributed by atoms with E-state index in [2.05, 4.69) is 15.6 Å². The number of hydrogen-bond donors (Lipinski definition) is 2. The Morgan fingerprint density at radius 1 is 1.21 bits per heavy atom. The Kier molecular flexibility index (Phi) is 4.79. The minimum absolute atomic E-state index is 0.0924. The molecule has 0 radical (unpaired) electrons. The van der Waals surface area contributed by atoms with Gasteiger partial charge < -0.3 is 20.1 Å². The fourth-order valence-corrected chi connectivity index (χ4v) is 3.05. The number of benzene rings is 1. The quantitative estimate of drug-likeness (QED) is 0.720. The van der Waals surface area contributed by atoms with E-state index in [1.165, 1.54) is 0 Å². The fraction of sp³-hybridized carbons (Fsp3) is 0.263. The molecule has 4 amide bonds. The van der Waals surface area contributed by atoms with Gasteiger partial charge in [0, 0.05) is 18.9 Å². The number of rotatable bonds is 6. The topological polar surface area (TPSA) is 110 Å². The van der Waals surface area contributed by atoms with Gasteiger partial charge in [0.25, 0.3) is 5.91 Å². The molecule has 3 heterocycles. The van der Waals surface area contributed by atoms with Crippen LogP contribution >= 0.6 is 0 Å². The first-order valence-corrected chi connectivity index (χ1v) is 8.76. The number of nitrogens with one attached hydrogen (secondary N) is 2. The fourth-order valence-electron chi connectivity index (χ4n) is 3.05. The number of hydrogen-bond acceptors (Lipinski definition) is 6. The minimum atomic E-state index is -0.879. The summed E-state index contributed by atoms with van der Waals surface area (Å²) in [4.78, 5) is 42.0. The molecule has 0 unspecified atom stereocenters. The summed E-state index contributed by atoms with van der Waals surface area (Å²) >= 11 is 0. The van der Waals surface area contributed by atoms with Crippen LogP contribution in [0.4, 0.5) is 4.79 Å². The summed E-state index contributed by atoms with van der Waals surface area (Å²) in [6, 6.07) is 7.44. The molecule has 2 aliphatic heterocycles. The molecule has 2 aromatic rings. The second-order valence-electron chi connectivity index (χ2n) is 6.46. The Bertz CT molecular complexity index is 918. The Morgan fingerprint density at radius 3 is 2.89 bits per heavy atom. The molecule has 0 saturated carbocycles. The minimum Gasteiger partial charge on any atom is -0.454 e. The first-order valence-electron chi connectivity index (χ1n) is 8.76. The molecule has 1 aromatic heterocycles. The van der Waals surface area contributed by atoms with E-state index in [1.807, 2.05) is 6.07 Å². The van der Waals surface area contributed by atoms with Crippen LogP contribution in [0, 0.1) is 0 Å². The third kappa shape index (κ3) is 3.73. The van der Waals surface area contributed by atoms with E-state index in [4.69, 9.17) is 9.47 Å². The van der Waals surface area contributed by atoms with Gasteiger partial charge >= 0.3 is 6.03 Å². The first kappa shape index (κ1) is 17.8. The monoisotopic (exact) mass is 382 g/mol.